The second-order valence-corrected chi connectivity index (χ2v) is 6.52. The molecule has 0 aliphatic rings. The van der Waals surface area contributed by atoms with E-state index < -0.39 is 6.10 Å². The number of aromatic amines is 1. The number of phenolic OH excluding ortho intramolecular Hbond substituents is 1. The molecule has 28 heavy (non-hydrogen) atoms. The first-order valence-corrected chi connectivity index (χ1v) is 8.89. The minimum Gasteiger partial charge on any atom is -0.508 e. The third-order valence-electron chi connectivity index (χ3n) is 4.52. The Morgan fingerprint density at radius 2 is 1.79 bits per heavy atom. The van der Waals surface area contributed by atoms with Crippen LogP contribution in [0, 0.1) is 0 Å². The van der Waals surface area contributed by atoms with Gasteiger partial charge in [0.1, 0.15) is 17.7 Å². The van der Waals surface area contributed by atoms with Crippen molar-refractivity contribution in [3.8, 4) is 5.75 Å². The van der Waals surface area contributed by atoms with Crippen LogP contribution in [0.2, 0.25) is 0 Å². The van der Waals surface area contributed by atoms with Gasteiger partial charge in [-0.2, -0.15) is 0 Å². The van der Waals surface area contributed by atoms with Crippen molar-refractivity contribution in [1.29, 1.82) is 0 Å². The van der Waals surface area contributed by atoms with Crippen molar-refractivity contribution < 1.29 is 15.0 Å². The van der Waals surface area contributed by atoms with E-state index in [1.54, 1.807) is 12.1 Å². The van der Waals surface area contributed by atoms with Crippen molar-refractivity contribution in [3.05, 3.63) is 95.3 Å². The topological polar surface area (TPSA) is 98.2 Å². The Morgan fingerprint density at radius 3 is 2.54 bits per heavy atom. The molecule has 1 amide bonds. The summed E-state index contributed by atoms with van der Waals surface area (Å²) in [5, 5.41) is 22.7. The van der Waals surface area contributed by atoms with Gasteiger partial charge in [-0.3, -0.25) is 4.79 Å². The van der Waals surface area contributed by atoms with E-state index in [-0.39, 0.29) is 11.7 Å². The quantitative estimate of drug-likeness (QED) is 0.431. The van der Waals surface area contributed by atoms with Crippen molar-refractivity contribution in [1.82, 2.24) is 15.3 Å². The first-order valence-electron chi connectivity index (χ1n) is 8.89. The monoisotopic (exact) mass is 373 g/mol. The molecule has 6 nitrogen and oxygen atoms in total. The molecule has 3 aromatic carbocycles. The maximum Gasteiger partial charge on any atom is 0.251 e. The maximum atomic E-state index is 12.2. The van der Waals surface area contributed by atoms with Gasteiger partial charge in [0.15, 0.2) is 0 Å². The molecule has 6 heteroatoms. The minimum absolute atomic E-state index is 0.120. The summed E-state index contributed by atoms with van der Waals surface area (Å²) in [6.45, 7) is 0.352. The number of phenols is 1. The smallest absolute Gasteiger partial charge is 0.251 e. The van der Waals surface area contributed by atoms with E-state index >= 15 is 0 Å². The number of hydrogen-bond acceptors (Lipinski definition) is 4. The molecule has 0 spiro atoms. The average Bonchev–Trinajstić information content (AvgIpc) is 3.16. The molecular weight excluding hydrogens is 354 g/mol. The van der Waals surface area contributed by atoms with Crippen LogP contribution in [0.1, 0.15) is 33.4 Å². The number of amides is 1. The van der Waals surface area contributed by atoms with Crippen molar-refractivity contribution in [2.24, 2.45) is 0 Å². The highest BCUT2D eigenvalue weighted by molar-refractivity contribution is 5.94. The highest BCUT2D eigenvalue weighted by Crippen LogP contribution is 2.22. The molecule has 0 aliphatic carbocycles. The van der Waals surface area contributed by atoms with Gasteiger partial charge in [0.05, 0.1) is 11.0 Å². The predicted molar refractivity (Wildman–Crippen MR) is 106 cm³/mol. The molecule has 1 atom stereocenters. The van der Waals surface area contributed by atoms with Crippen molar-refractivity contribution in [3.63, 3.8) is 0 Å². The molecule has 0 radical (unpaired) electrons. The van der Waals surface area contributed by atoms with Crippen LogP contribution in [0.4, 0.5) is 0 Å². The lowest BCUT2D eigenvalue weighted by molar-refractivity contribution is 0.0951. The Balaban J connectivity index is 1.48. The molecule has 1 aromatic heterocycles. The van der Waals surface area contributed by atoms with Gasteiger partial charge in [-0.1, -0.05) is 36.4 Å². The van der Waals surface area contributed by atoms with Crippen LogP contribution in [0.15, 0.2) is 72.8 Å². The first-order chi connectivity index (χ1) is 13.6. The predicted octanol–water partition coefficient (Wildman–Crippen LogP) is 3.28. The minimum atomic E-state index is -0.828. The zero-order chi connectivity index (χ0) is 19.5. The fourth-order valence-corrected chi connectivity index (χ4v) is 3.01. The number of aliphatic hydroxyl groups excluding tert-OH is 1. The van der Waals surface area contributed by atoms with Crippen LogP contribution in [0.25, 0.3) is 11.0 Å². The Kier molecular flexibility index (Phi) is 4.78. The molecule has 4 rings (SSSR count). The van der Waals surface area contributed by atoms with E-state index in [1.807, 2.05) is 48.5 Å². The van der Waals surface area contributed by atoms with Crippen LogP contribution >= 0.6 is 0 Å². The number of aliphatic hydroxyl groups is 1. The molecule has 0 fully saturated rings. The molecule has 0 aliphatic heterocycles. The van der Waals surface area contributed by atoms with E-state index in [1.165, 1.54) is 12.1 Å². The molecule has 0 saturated heterocycles. The summed E-state index contributed by atoms with van der Waals surface area (Å²) in [7, 11) is 0. The first kappa shape index (κ1) is 17.8. The number of carbonyl (C=O) groups excluding carboxylic acids is 1. The van der Waals surface area contributed by atoms with Gasteiger partial charge < -0.3 is 20.5 Å². The number of nitrogens with zero attached hydrogens (tertiary/aromatic N) is 1. The van der Waals surface area contributed by atoms with Gasteiger partial charge >= 0.3 is 0 Å². The zero-order valence-corrected chi connectivity index (χ0v) is 15.0. The van der Waals surface area contributed by atoms with E-state index in [0.717, 1.165) is 22.2 Å². The third kappa shape index (κ3) is 3.72. The number of aromatic hydroxyl groups is 1. The molecule has 1 unspecified atom stereocenters. The van der Waals surface area contributed by atoms with E-state index in [4.69, 9.17) is 0 Å². The summed E-state index contributed by atoms with van der Waals surface area (Å²) >= 11 is 0. The zero-order valence-electron chi connectivity index (χ0n) is 15.0. The summed E-state index contributed by atoms with van der Waals surface area (Å²) in [5.41, 5.74) is 3.70. The van der Waals surface area contributed by atoms with Crippen LogP contribution in [0.5, 0.6) is 5.75 Å². The second-order valence-electron chi connectivity index (χ2n) is 6.52. The lowest BCUT2D eigenvalue weighted by Crippen LogP contribution is -2.22. The normalized spacial score (nSPS) is 12.0. The number of carbonyl (C=O) groups is 1. The molecule has 0 bridgehead atoms. The molecule has 140 valence electrons. The Labute approximate surface area is 161 Å². The summed E-state index contributed by atoms with van der Waals surface area (Å²) in [5.74, 6) is 0.381. The summed E-state index contributed by atoms with van der Waals surface area (Å²) in [6, 6.07) is 21.1. The molecule has 4 N–H and O–H groups in total. The number of rotatable bonds is 5. The van der Waals surface area contributed by atoms with Crippen LogP contribution in [0.3, 0.4) is 0 Å². The van der Waals surface area contributed by atoms with Gasteiger partial charge in [-0.25, -0.2) is 4.98 Å². The summed E-state index contributed by atoms with van der Waals surface area (Å²) in [4.78, 5) is 19.8. The Hall–Kier alpha value is -3.64. The summed E-state index contributed by atoms with van der Waals surface area (Å²) < 4.78 is 0. The highest BCUT2D eigenvalue weighted by atomic mass is 16.3. The third-order valence-corrected chi connectivity index (χ3v) is 4.52. The fourth-order valence-electron chi connectivity index (χ4n) is 3.01. The van der Waals surface area contributed by atoms with Gasteiger partial charge in [0.25, 0.3) is 5.91 Å². The standard InChI is InChI=1S/C22H19N3O3/c26-17-9-7-16(8-10-17)22(28)23-13-14-6-11-18-19(12-14)25-21(24-18)20(27)15-4-2-1-3-5-15/h1-12,20,26-27H,13H2,(H,23,28)(H,24,25). The number of aromatic nitrogens is 2. The van der Waals surface area contributed by atoms with E-state index in [9.17, 15) is 15.0 Å². The van der Waals surface area contributed by atoms with Gasteiger partial charge in [0, 0.05) is 12.1 Å². The van der Waals surface area contributed by atoms with Crippen LogP contribution < -0.4 is 5.32 Å². The van der Waals surface area contributed by atoms with Crippen LogP contribution in [-0.2, 0) is 6.54 Å². The van der Waals surface area contributed by atoms with Crippen molar-refractivity contribution in [2.75, 3.05) is 0 Å². The van der Waals surface area contributed by atoms with Gasteiger partial charge in [-0.05, 0) is 47.5 Å². The maximum absolute atomic E-state index is 12.2. The molecular formula is C22H19N3O3. The van der Waals surface area contributed by atoms with E-state index in [0.29, 0.717) is 17.9 Å². The molecule has 4 aromatic rings. The van der Waals surface area contributed by atoms with Gasteiger partial charge in [0.2, 0.25) is 0 Å². The highest BCUT2D eigenvalue weighted by Gasteiger charge is 2.15. The Morgan fingerprint density at radius 1 is 1.04 bits per heavy atom. The molecule has 1 heterocycles. The van der Waals surface area contributed by atoms with Gasteiger partial charge in [-0.15, -0.1) is 0 Å². The lowest BCUT2D eigenvalue weighted by Gasteiger charge is -2.07. The average molecular weight is 373 g/mol. The summed E-state index contributed by atoms with van der Waals surface area (Å²) in [6.07, 6.45) is -0.828. The number of benzene rings is 3. The fraction of sp³-hybridized carbons (Fsp3) is 0.0909. The SMILES string of the molecule is O=C(NCc1ccc2nc(C(O)c3ccccc3)[nH]c2c1)c1ccc(O)cc1. The van der Waals surface area contributed by atoms with Crippen molar-refractivity contribution >= 4 is 16.9 Å². The number of nitrogens with one attached hydrogen (secondary N) is 2. The van der Waals surface area contributed by atoms with Crippen LogP contribution in [-0.4, -0.2) is 26.1 Å². The van der Waals surface area contributed by atoms with E-state index in [2.05, 4.69) is 15.3 Å². The number of imidazole rings is 1. The number of hydrogen-bond donors (Lipinski definition) is 4. The Bertz CT molecular complexity index is 1110. The second kappa shape index (κ2) is 7.54. The molecule has 0 saturated carbocycles. The largest absolute Gasteiger partial charge is 0.508 e. The lowest BCUT2D eigenvalue weighted by atomic mass is 10.1. The number of H-pyrrole nitrogens is 1. The number of fused-ring (bicyclic) bond motifs is 1. The van der Waals surface area contributed by atoms with Crippen molar-refractivity contribution in [2.45, 2.75) is 12.6 Å².